The van der Waals surface area contributed by atoms with Crippen LogP contribution >= 0.6 is 11.8 Å². The highest BCUT2D eigenvalue weighted by Gasteiger charge is 2.20. The molecule has 3 rings (SSSR count). The van der Waals surface area contributed by atoms with Crippen molar-refractivity contribution in [3.8, 4) is 23.3 Å². The van der Waals surface area contributed by atoms with E-state index >= 15 is 0 Å². The van der Waals surface area contributed by atoms with Crippen LogP contribution in [0, 0.1) is 22.7 Å². The van der Waals surface area contributed by atoms with E-state index in [9.17, 15) is 10.5 Å². The molecule has 0 unspecified atom stereocenters. The maximum Gasteiger partial charge on any atom is 0.143 e. The minimum atomic E-state index is 0.129. The van der Waals surface area contributed by atoms with Gasteiger partial charge in [-0.2, -0.15) is 10.5 Å². The fraction of sp³-hybridized carbons (Fsp3) is 0.0526. The van der Waals surface area contributed by atoms with Gasteiger partial charge in [0.15, 0.2) is 0 Å². The number of thioether (sulfide) groups is 1. The summed E-state index contributed by atoms with van der Waals surface area (Å²) in [6, 6.07) is 17.7. The van der Waals surface area contributed by atoms with Crippen molar-refractivity contribution in [2.24, 2.45) is 0 Å². The van der Waals surface area contributed by atoms with E-state index in [0.717, 1.165) is 11.1 Å². The summed E-state index contributed by atoms with van der Waals surface area (Å²) in [6.45, 7) is 0. The molecule has 0 bridgehead atoms. The summed E-state index contributed by atoms with van der Waals surface area (Å²) in [5.74, 6) is 0.785. The van der Waals surface area contributed by atoms with Crippen molar-refractivity contribution in [2.45, 2.75) is 10.8 Å². The largest absolute Gasteiger partial charge is 0.383 e. The molecule has 3 aromatic rings. The number of hydrogen-bond donors (Lipinski definition) is 1. The number of nitriles is 2. The Labute approximate surface area is 149 Å². The zero-order valence-corrected chi connectivity index (χ0v) is 14.0. The fourth-order valence-electron chi connectivity index (χ4n) is 2.44. The number of nitrogens with zero attached hydrogens (tertiary/aromatic N) is 4. The zero-order chi connectivity index (χ0) is 17.6. The number of rotatable bonds is 4. The van der Waals surface area contributed by atoms with Crippen LogP contribution in [-0.4, -0.2) is 9.97 Å². The van der Waals surface area contributed by atoms with E-state index in [-0.39, 0.29) is 11.4 Å². The Morgan fingerprint density at radius 2 is 1.64 bits per heavy atom. The van der Waals surface area contributed by atoms with Gasteiger partial charge >= 0.3 is 0 Å². The molecule has 120 valence electrons. The van der Waals surface area contributed by atoms with Crippen molar-refractivity contribution in [3.63, 3.8) is 0 Å². The highest BCUT2D eigenvalue weighted by molar-refractivity contribution is 7.98. The molecule has 0 aliphatic carbocycles. The van der Waals surface area contributed by atoms with Gasteiger partial charge in [-0.05, 0) is 23.3 Å². The van der Waals surface area contributed by atoms with Gasteiger partial charge in [-0.3, -0.25) is 4.98 Å². The molecule has 0 saturated heterocycles. The lowest BCUT2D eigenvalue weighted by Crippen LogP contribution is -2.03. The third-order valence-corrected chi connectivity index (χ3v) is 4.65. The predicted octanol–water partition coefficient (Wildman–Crippen LogP) is 3.76. The average Bonchev–Trinajstić information content (AvgIpc) is 2.67. The molecular weight excluding hydrogens is 330 g/mol. The second kappa shape index (κ2) is 7.48. The molecule has 5 nitrogen and oxygen atoms in total. The second-order valence-corrected chi connectivity index (χ2v) is 6.13. The molecule has 0 saturated carbocycles. The Morgan fingerprint density at radius 3 is 2.28 bits per heavy atom. The SMILES string of the molecule is N#Cc1c(N)nc(SCc2ccccc2)c(C#N)c1-c1ccncc1. The number of nitrogen functional groups attached to an aromatic ring is 1. The fourth-order valence-corrected chi connectivity index (χ4v) is 3.39. The molecule has 25 heavy (non-hydrogen) atoms. The third kappa shape index (κ3) is 3.45. The van der Waals surface area contributed by atoms with Crippen LogP contribution in [0.1, 0.15) is 16.7 Å². The summed E-state index contributed by atoms with van der Waals surface area (Å²) < 4.78 is 0. The molecule has 0 fully saturated rings. The molecule has 2 N–H and O–H groups in total. The lowest BCUT2D eigenvalue weighted by molar-refractivity contribution is 1.11. The molecule has 1 aromatic carbocycles. The highest BCUT2D eigenvalue weighted by Crippen LogP contribution is 2.36. The Hall–Kier alpha value is -3.35. The minimum absolute atomic E-state index is 0.129. The summed E-state index contributed by atoms with van der Waals surface area (Å²) >= 11 is 1.43. The van der Waals surface area contributed by atoms with Gasteiger partial charge in [-0.1, -0.05) is 30.3 Å². The van der Waals surface area contributed by atoms with Crippen LogP contribution in [-0.2, 0) is 5.75 Å². The highest BCUT2D eigenvalue weighted by atomic mass is 32.2. The lowest BCUT2D eigenvalue weighted by Gasteiger charge is -2.12. The average molecular weight is 343 g/mol. The molecular formula is C19H13N5S. The molecule has 0 radical (unpaired) electrons. The van der Waals surface area contributed by atoms with Crippen molar-refractivity contribution in [1.82, 2.24) is 9.97 Å². The van der Waals surface area contributed by atoms with Crippen LogP contribution in [0.25, 0.3) is 11.1 Å². The number of nitrogens with two attached hydrogens (primary N) is 1. The van der Waals surface area contributed by atoms with E-state index in [1.165, 1.54) is 11.8 Å². The number of anilines is 1. The van der Waals surface area contributed by atoms with E-state index in [0.29, 0.717) is 21.9 Å². The quantitative estimate of drug-likeness (QED) is 0.724. The standard InChI is InChI=1S/C19H13N5S/c20-10-15-17(14-6-8-23-9-7-14)16(11-21)19(24-18(15)22)25-12-13-4-2-1-3-5-13/h1-9H,12H2,(H2,22,24). The van der Waals surface area contributed by atoms with Gasteiger partial charge in [0.25, 0.3) is 0 Å². The topological polar surface area (TPSA) is 99.4 Å². The molecule has 0 aliphatic heterocycles. The van der Waals surface area contributed by atoms with Gasteiger partial charge in [-0.25, -0.2) is 4.98 Å². The van der Waals surface area contributed by atoms with Crippen LogP contribution in [0.15, 0.2) is 59.9 Å². The summed E-state index contributed by atoms with van der Waals surface area (Å²) in [5, 5.41) is 19.7. The van der Waals surface area contributed by atoms with E-state index < -0.39 is 0 Å². The van der Waals surface area contributed by atoms with Crippen molar-refractivity contribution in [1.29, 1.82) is 10.5 Å². The maximum atomic E-state index is 9.70. The molecule has 2 heterocycles. The van der Waals surface area contributed by atoms with Crippen molar-refractivity contribution in [3.05, 3.63) is 71.5 Å². The molecule has 0 aliphatic rings. The second-order valence-electron chi connectivity index (χ2n) is 5.16. The molecule has 6 heteroatoms. The van der Waals surface area contributed by atoms with Gasteiger partial charge < -0.3 is 5.73 Å². The monoisotopic (exact) mass is 343 g/mol. The first-order chi connectivity index (χ1) is 12.2. The first-order valence-electron chi connectivity index (χ1n) is 7.45. The van der Waals surface area contributed by atoms with Crippen LogP contribution in [0.4, 0.5) is 5.82 Å². The normalized spacial score (nSPS) is 10.0. The first kappa shape index (κ1) is 16.5. The van der Waals surface area contributed by atoms with E-state index in [1.807, 2.05) is 30.3 Å². The molecule has 0 amide bonds. The number of pyridine rings is 2. The van der Waals surface area contributed by atoms with Crippen molar-refractivity contribution in [2.75, 3.05) is 5.73 Å². The Balaban J connectivity index is 2.10. The molecule has 0 spiro atoms. The van der Waals surface area contributed by atoms with Crippen LogP contribution in [0.5, 0.6) is 0 Å². The first-order valence-corrected chi connectivity index (χ1v) is 8.44. The zero-order valence-electron chi connectivity index (χ0n) is 13.2. The lowest BCUT2D eigenvalue weighted by atomic mass is 9.98. The summed E-state index contributed by atoms with van der Waals surface area (Å²) in [6.07, 6.45) is 3.23. The summed E-state index contributed by atoms with van der Waals surface area (Å²) in [7, 11) is 0. The molecule has 0 atom stereocenters. The number of benzene rings is 1. The van der Waals surface area contributed by atoms with Crippen LogP contribution in [0.3, 0.4) is 0 Å². The Morgan fingerprint density at radius 1 is 0.960 bits per heavy atom. The summed E-state index contributed by atoms with van der Waals surface area (Å²) in [5.41, 5.74) is 8.91. The van der Waals surface area contributed by atoms with Gasteiger partial charge in [-0.15, -0.1) is 11.8 Å². The predicted molar refractivity (Wildman–Crippen MR) is 97.3 cm³/mol. The van der Waals surface area contributed by atoms with Crippen molar-refractivity contribution < 1.29 is 0 Å². The third-order valence-electron chi connectivity index (χ3n) is 3.60. The van der Waals surface area contributed by atoms with Gasteiger partial charge in [0.05, 0.1) is 5.56 Å². The number of hydrogen-bond acceptors (Lipinski definition) is 6. The molecule has 2 aromatic heterocycles. The van der Waals surface area contributed by atoms with Gasteiger partial charge in [0.2, 0.25) is 0 Å². The Kier molecular flexibility index (Phi) is 4.94. The smallest absolute Gasteiger partial charge is 0.143 e. The van der Waals surface area contributed by atoms with Crippen LogP contribution in [0.2, 0.25) is 0 Å². The van der Waals surface area contributed by atoms with Crippen molar-refractivity contribution >= 4 is 17.6 Å². The minimum Gasteiger partial charge on any atom is -0.383 e. The van der Waals surface area contributed by atoms with Gasteiger partial charge in [0.1, 0.15) is 28.5 Å². The summed E-state index contributed by atoms with van der Waals surface area (Å²) in [4.78, 5) is 8.28. The van der Waals surface area contributed by atoms with Gasteiger partial charge in [0, 0.05) is 23.7 Å². The number of aromatic nitrogens is 2. The maximum absolute atomic E-state index is 9.70. The van der Waals surface area contributed by atoms with E-state index in [1.54, 1.807) is 24.5 Å². The van der Waals surface area contributed by atoms with E-state index in [2.05, 4.69) is 22.1 Å². The Bertz CT molecular complexity index is 973. The van der Waals surface area contributed by atoms with E-state index in [4.69, 9.17) is 5.73 Å². The van der Waals surface area contributed by atoms with Crippen LogP contribution < -0.4 is 5.73 Å².